The zero-order valence-electron chi connectivity index (χ0n) is 8.64. The molecule has 0 aliphatic rings. The summed E-state index contributed by atoms with van der Waals surface area (Å²) in [6.45, 7) is 8.01. The Bertz CT molecular complexity index is 253. The van der Waals surface area contributed by atoms with E-state index in [1.807, 2.05) is 13.0 Å². The highest BCUT2D eigenvalue weighted by Crippen LogP contribution is 2.18. The topological polar surface area (TPSA) is 52.9 Å². The quantitative estimate of drug-likeness (QED) is 0.530. The highest BCUT2D eigenvalue weighted by atomic mass is 16.1. The molecule has 0 atom stereocenters. The van der Waals surface area contributed by atoms with E-state index >= 15 is 0 Å². The lowest BCUT2D eigenvalue weighted by Crippen LogP contribution is -2.22. The molecule has 0 aliphatic heterocycles. The summed E-state index contributed by atoms with van der Waals surface area (Å²) in [6, 6.07) is 1.89. The first kappa shape index (κ1) is 11.7. The summed E-state index contributed by atoms with van der Waals surface area (Å²) in [5, 5.41) is 11.6. The van der Waals surface area contributed by atoms with E-state index in [9.17, 15) is 4.79 Å². The third-order valence-corrected chi connectivity index (χ3v) is 1.50. The van der Waals surface area contributed by atoms with Crippen LogP contribution in [0.15, 0.2) is 11.8 Å². The van der Waals surface area contributed by atoms with Gasteiger partial charge >= 0.3 is 0 Å². The lowest BCUT2D eigenvalue weighted by Gasteiger charge is -2.15. The molecule has 0 unspecified atom stereocenters. The Hall–Kier alpha value is -1.30. The Kier molecular flexibility index (Phi) is 4.19. The Morgan fingerprint density at radius 3 is 2.38 bits per heavy atom. The number of carbonyl (C=O) groups is 1. The standard InChI is InChI=1S/C10H16N2O/c1-5-12-7-8(6-11)9(13)10(2,3)4/h7,12H,5H2,1-4H3. The van der Waals surface area contributed by atoms with Crippen molar-refractivity contribution in [1.82, 2.24) is 5.32 Å². The molecule has 3 nitrogen and oxygen atoms in total. The Balaban J connectivity index is 4.63. The molecule has 0 fully saturated rings. The van der Waals surface area contributed by atoms with Gasteiger partial charge in [0.05, 0.1) is 0 Å². The van der Waals surface area contributed by atoms with Crippen molar-refractivity contribution in [2.24, 2.45) is 5.41 Å². The fourth-order valence-electron chi connectivity index (χ4n) is 0.757. The minimum atomic E-state index is -0.489. The lowest BCUT2D eigenvalue weighted by atomic mass is 9.87. The van der Waals surface area contributed by atoms with Crippen LogP contribution in [0.2, 0.25) is 0 Å². The van der Waals surface area contributed by atoms with Crippen LogP contribution in [0.5, 0.6) is 0 Å². The van der Waals surface area contributed by atoms with Crippen molar-refractivity contribution < 1.29 is 4.79 Å². The zero-order chi connectivity index (χ0) is 10.5. The van der Waals surface area contributed by atoms with Gasteiger partial charge in [-0.05, 0) is 6.92 Å². The summed E-state index contributed by atoms with van der Waals surface area (Å²) in [6.07, 6.45) is 1.48. The van der Waals surface area contributed by atoms with Crippen LogP contribution in [0.1, 0.15) is 27.7 Å². The molecule has 0 aromatic carbocycles. The number of carbonyl (C=O) groups excluding carboxylic acids is 1. The monoisotopic (exact) mass is 180 g/mol. The number of rotatable bonds is 3. The fourth-order valence-corrected chi connectivity index (χ4v) is 0.757. The normalized spacial score (nSPS) is 12.1. The Labute approximate surface area is 79.4 Å². The van der Waals surface area contributed by atoms with Crippen molar-refractivity contribution >= 4 is 5.78 Å². The SMILES string of the molecule is CCNC=C(C#N)C(=O)C(C)(C)C. The molecule has 0 bridgehead atoms. The molecule has 0 saturated heterocycles. The first-order valence-corrected chi connectivity index (χ1v) is 4.32. The second kappa shape index (κ2) is 4.66. The summed E-state index contributed by atoms with van der Waals surface area (Å²) < 4.78 is 0. The van der Waals surface area contributed by atoms with E-state index in [0.29, 0.717) is 6.54 Å². The van der Waals surface area contributed by atoms with Crippen molar-refractivity contribution in [1.29, 1.82) is 5.26 Å². The van der Waals surface area contributed by atoms with Crippen LogP contribution in [-0.4, -0.2) is 12.3 Å². The van der Waals surface area contributed by atoms with Gasteiger partial charge in [-0.15, -0.1) is 0 Å². The highest BCUT2D eigenvalue weighted by Gasteiger charge is 2.24. The van der Waals surface area contributed by atoms with Crippen molar-refractivity contribution in [3.8, 4) is 6.07 Å². The number of nitrogens with one attached hydrogen (secondary N) is 1. The highest BCUT2D eigenvalue weighted by molar-refractivity contribution is 6.02. The molecule has 72 valence electrons. The summed E-state index contributed by atoms with van der Waals surface area (Å²) in [4.78, 5) is 11.6. The van der Waals surface area contributed by atoms with Crippen molar-refractivity contribution in [2.45, 2.75) is 27.7 Å². The van der Waals surface area contributed by atoms with Crippen LogP contribution in [0, 0.1) is 16.7 Å². The molecule has 3 heteroatoms. The molecule has 0 saturated carbocycles. The summed E-state index contributed by atoms with van der Waals surface area (Å²) >= 11 is 0. The average molecular weight is 180 g/mol. The van der Waals surface area contributed by atoms with E-state index in [2.05, 4.69) is 5.32 Å². The Morgan fingerprint density at radius 1 is 1.54 bits per heavy atom. The molecule has 0 aliphatic carbocycles. The second-order valence-electron chi connectivity index (χ2n) is 3.81. The maximum absolute atomic E-state index is 11.6. The minimum absolute atomic E-state index is 0.129. The van der Waals surface area contributed by atoms with Gasteiger partial charge in [0.2, 0.25) is 0 Å². The second-order valence-corrected chi connectivity index (χ2v) is 3.81. The van der Waals surface area contributed by atoms with E-state index in [1.54, 1.807) is 20.8 Å². The number of hydrogen-bond donors (Lipinski definition) is 1. The maximum atomic E-state index is 11.6. The van der Waals surface area contributed by atoms with E-state index in [0.717, 1.165) is 0 Å². The van der Waals surface area contributed by atoms with Crippen molar-refractivity contribution in [3.05, 3.63) is 11.8 Å². The minimum Gasteiger partial charge on any atom is -0.390 e. The molecule has 0 aromatic heterocycles. The van der Waals surface area contributed by atoms with Crippen molar-refractivity contribution in [3.63, 3.8) is 0 Å². The molecule has 0 heterocycles. The molecule has 1 N–H and O–H groups in total. The lowest BCUT2D eigenvalue weighted by molar-refractivity contribution is -0.122. The molecule has 13 heavy (non-hydrogen) atoms. The first-order chi connectivity index (χ1) is 5.93. The molecule has 0 amide bonds. The maximum Gasteiger partial charge on any atom is 0.180 e. The third kappa shape index (κ3) is 3.75. The number of nitrogens with zero attached hydrogens (tertiary/aromatic N) is 1. The molecular weight excluding hydrogens is 164 g/mol. The van der Waals surface area contributed by atoms with Gasteiger partial charge in [0, 0.05) is 18.2 Å². The summed E-state index contributed by atoms with van der Waals surface area (Å²) in [5.74, 6) is -0.129. The van der Waals surface area contributed by atoms with Gasteiger partial charge in [-0.25, -0.2) is 0 Å². The summed E-state index contributed by atoms with van der Waals surface area (Å²) in [5.41, 5.74) is -0.300. The van der Waals surface area contributed by atoms with Crippen LogP contribution >= 0.6 is 0 Å². The Morgan fingerprint density at radius 2 is 2.08 bits per heavy atom. The van der Waals surface area contributed by atoms with Gasteiger partial charge in [-0.1, -0.05) is 20.8 Å². The van der Waals surface area contributed by atoms with E-state index in [4.69, 9.17) is 5.26 Å². The average Bonchev–Trinajstić information content (AvgIpc) is 2.04. The number of hydrogen-bond acceptors (Lipinski definition) is 3. The van der Waals surface area contributed by atoms with Gasteiger partial charge in [-0.3, -0.25) is 4.79 Å². The van der Waals surface area contributed by atoms with Crippen LogP contribution < -0.4 is 5.32 Å². The van der Waals surface area contributed by atoms with Crippen molar-refractivity contribution in [2.75, 3.05) is 6.54 Å². The third-order valence-electron chi connectivity index (χ3n) is 1.50. The van der Waals surface area contributed by atoms with Crippen LogP contribution in [0.25, 0.3) is 0 Å². The predicted octanol–water partition coefficient (Wildman–Crippen LogP) is 1.62. The smallest absolute Gasteiger partial charge is 0.180 e. The van der Waals surface area contributed by atoms with Gasteiger partial charge in [0.15, 0.2) is 5.78 Å². The molecular formula is C10H16N2O. The molecule has 0 radical (unpaired) electrons. The number of allylic oxidation sites excluding steroid dienone is 1. The fraction of sp³-hybridized carbons (Fsp3) is 0.600. The first-order valence-electron chi connectivity index (χ1n) is 4.32. The number of Topliss-reactive ketones (excluding diaryl/α,β-unsaturated/α-hetero) is 1. The van der Waals surface area contributed by atoms with E-state index in [1.165, 1.54) is 6.20 Å². The van der Waals surface area contributed by atoms with Crippen LogP contribution in [-0.2, 0) is 4.79 Å². The zero-order valence-corrected chi connectivity index (χ0v) is 8.64. The molecule has 0 spiro atoms. The van der Waals surface area contributed by atoms with E-state index in [-0.39, 0.29) is 11.4 Å². The van der Waals surface area contributed by atoms with Gasteiger partial charge in [0.25, 0.3) is 0 Å². The summed E-state index contributed by atoms with van der Waals surface area (Å²) in [7, 11) is 0. The van der Waals surface area contributed by atoms with Gasteiger partial charge in [0.1, 0.15) is 11.6 Å². The van der Waals surface area contributed by atoms with Gasteiger partial charge < -0.3 is 5.32 Å². The molecule has 0 rings (SSSR count). The number of nitriles is 1. The van der Waals surface area contributed by atoms with Crippen LogP contribution in [0.3, 0.4) is 0 Å². The van der Waals surface area contributed by atoms with Crippen LogP contribution in [0.4, 0.5) is 0 Å². The predicted molar refractivity (Wildman–Crippen MR) is 51.8 cm³/mol. The van der Waals surface area contributed by atoms with Gasteiger partial charge in [-0.2, -0.15) is 5.26 Å². The largest absolute Gasteiger partial charge is 0.390 e. The van der Waals surface area contributed by atoms with E-state index < -0.39 is 5.41 Å². The number of ketones is 1. The molecule has 0 aromatic rings.